The summed E-state index contributed by atoms with van der Waals surface area (Å²) >= 11 is 0. The van der Waals surface area contributed by atoms with Gasteiger partial charge in [-0.15, -0.1) is 0 Å². The molecule has 1 aromatic heterocycles. The lowest BCUT2D eigenvalue weighted by Gasteiger charge is -2.35. The number of morpholine rings is 1. The zero-order chi connectivity index (χ0) is 20.3. The van der Waals surface area contributed by atoms with Crippen LogP contribution in [0.2, 0.25) is 0 Å². The number of fused-ring (bicyclic) bond motifs is 1. The average molecular weight is 389 g/mol. The number of nitrogens with zero attached hydrogens (tertiary/aromatic N) is 1. The summed E-state index contributed by atoms with van der Waals surface area (Å²) in [5.74, 6) is -0.563. The second kappa shape index (κ2) is 8.43. The maximum absolute atomic E-state index is 12.2. The molecule has 28 heavy (non-hydrogen) atoms. The predicted octanol–water partition coefficient (Wildman–Crippen LogP) is 1.66. The largest absolute Gasteiger partial charge is 0.482 e. The fraction of sp³-hybridized carbons (Fsp3) is 0.450. The molecule has 0 saturated carbocycles. The summed E-state index contributed by atoms with van der Waals surface area (Å²) in [6.45, 7) is 5.84. The number of hydrogen-bond donors (Lipinski definition) is 0. The van der Waals surface area contributed by atoms with Crippen LogP contribution >= 0.6 is 0 Å². The Bertz CT molecular complexity index is 926. The number of rotatable bonds is 5. The van der Waals surface area contributed by atoms with Gasteiger partial charge >= 0.3 is 11.6 Å². The first kappa shape index (κ1) is 19.9. The molecule has 3 rings (SSSR count). The summed E-state index contributed by atoms with van der Waals surface area (Å²) in [6, 6.07) is 6.37. The fourth-order valence-corrected chi connectivity index (χ4v) is 3.19. The quantitative estimate of drug-likeness (QED) is 0.567. The van der Waals surface area contributed by atoms with Crippen LogP contribution in [0.3, 0.4) is 0 Å². The minimum atomic E-state index is -0.659. The molecule has 1 amide bonds. The number of ether oxygens (including phenoxy) is 3. The van der Waals surface area contributed by atoms with Gasteiger partial charge in [-0.1, -0.05) is 0 Å². The van der Waals surface area contributed by atoms with Crippen LogP contribution in [0, 0.1) is 6.92 Å². The van der Waals surface area contributed by atoms with Gasteiger partial charge in [0.05, 0.1) is 12.2 Å². The van der Waals surface area contributed by atoms with Gasteiger partial charge in [-0.3, -0.25) is 4.79 Å². The van der Waals surface area contributed by atoms with E-state index in [1.54, 1.807) is 23.1 Å². The van der Waals surface area contributed by atoms with E-state index in [9.17, 15) is 14.4 Å². The Balaban J connectivity index is 1.51. The van der Waals surface area contributed by atoms with Crippen molar-refractivity contribution in [1.82, 2.24) is 4.90 Å². The van der Waals surface area contributed by atoms with Crippen LogP contribution in [-0.4, -0.2) is 55.3 Å². The molecule has 2 aromatic rings. The molecule has 1 fully saturated rings. The van der Waals surface area contributed by atoms with Crippen LogP contribution in [0.15, 0.2) is 33.5 Å². The zero-order valence-corrected chi connectivity index (χ0v) is 16.1. The highest BCUT2D eigenvalue weighted by Gasteiger charge is 2.26. The highest BCUT2D eigenvalue weighted by atomic mass is 16.6. The molecular formula is C20H23NO7. The minimum Gasteiger partial charge on any atom is -0.482 e. The van der Waals surface area contributed by atoms with E-state index in [2.05, 4.69) is 0 Å². The van der Waals surface area contributed by atoms with E-state index < -0.39 is 11.6 Å². The first-order valence-electron chi connectivity index (χ1n) is 9.08. The van der Waals surface area contributed by atoms with E-state index in [0.29, 0.717) is 24.4 Å². The number of esters is 1. The molecule has 8 heteroatoms. The molecule has 150 valence electrons. The normalized spacial score (nSPS) is 19.5. The standard InChI is InChI=1S/C20H23NO7/c1-12-6-19(23)28-17-7-15(4-5-16(12)17)25-11-20(24)26-10-18(22)21-8-13(2)27-14(3)9-21/h4-7,13-14H,8-11H2,1-3H3. The van der Waals surface area contributed by atoms with Crippen molar-refractivity contribution >= 4 is 22.8 Å². The van der Waals surface area contributed by atoms with Crippen molar-refractivity contribution in [2.45, 2.75) is 33.0 Å². The number of hydrogen-bond acceptors (Lipinski definition) is 7. The van der Waals surface area contributed by atoms with E-state index in [4.69, 9.17) is 18.6 Å². The van der Waals surface area contributed by atoms with Crippen molar-refractivity contribution in [2.24, 2.45) is 0 Å². The Morgan fingerprint density at radius 1 is 1.14 bits per heavy atom. The molecule has 0 spiro atoms. The fourth-order valence-electron chi connectivity index (χ4n) is 3.19. The van der Waals surface area contributed by atoms with Crippen LogP contribution < -0.4 is 10.4 Å². The van der Waals surface area contributed by atoms with Crippen molar-refractivity contribution in [2.75, 3.05) is 26.3 Å². The maximum atomic E-state index is 12.2. The van der Waals surface area contributed by atoms with Gasteiger partial charge in [-0.25, -0.2) is 9.59 Å². The second-order valence-electron chi connectivity index (χ2n) is 6.91. The number of aryl methyl sites for hydroxylation is 1. The van der Waals surface area contributed by atoms with Crippen molar-refractivity contribution in [3.63, 3.8) is 0 Å². The Morgan fingerprint density at radius 3 is 2.57 bits per heavy atom. The van der Waals surface area contributed by atoms with E-state index in [0.717, 1.165) is 10.9 Å². The van der Waals surface area contributed by atoms with E-state index in [1.165, 1.54) is 6.07 Å². The van der Waals surface area contributed by atoms with Gasteiger partial charge < -0.3 is 23.5 Å². The molecule has 0 bridgehead atoms. The molecule has 1 saturated heterocycles. The summed E-state index contributed by atoms with van der Waals surface area (Å²) in [4.78, 5) is 37.2. The third-order valence-corrected chi connectivity index (χ3v) is 4.41. The van der Waals surface area contributed by atoms with Gasteiger partial charge in [-0.05, 0) is 38.5 Å². The Hall–Kier alpha value is -2.87. The number of carbonyl (C=O) groups excluding carboxylic acids is 2. The highest BCUT2D eigenvalue weighted by Crippen LogP contribution is 2.22. The van der Waals surface area contributed by atoms with Crippen LogP contribution in [0.25, 0.3) is 11.0 Å². The van der Waals surface area contributed by atoms with Crippen molar-refractivity contribution in [3.05, 3.63) is 40.2 Å². The summed E-state index contributed by atoms with van der Waals surface area (Å²) in [5.41, 5.74) is 0.718. The first-order chi connectivity index (χ1) is 13.3. The average Bonchev–Trinajstić information content (AvgIpc) is 2.63. The van der Waals surface area contributed by atoms with Crippen LogP contribution in [0.4, 0.5) is 0 Å². The molecule has 1 aliphatic heterocycles. The Labute approximate surface area is 162 Å². The molecule has 0 aliphatic carbocycles. The second-order valence-corrected chi connectivity index (χ2v) is 6.91. The lowest BCUT2D eigenvalue weighted by Crippen LogP contribution is -2.49. The van der Waals surface area contributed by atoms with E-state index >= 15 is 0 Å². The topological polar surface area (TPSA) is 95.3 Å². The van der Waals surface area contributed by atoms with Crippen LogP contribution in [-0.2, 0) is 19.1 Å². The predicted molar refractivity (Wildman–Crippen MR) is 100 cm³/mol. The molecule has 2 unspecified atom stereocenters. The molecule has 2 heterocycles. The van der Waals surface area contributed by atoms with Gasteiger partial charge in [0.15, 0.2) is 13.2 Å². The van der Waals surface area contributed by atoms with Gasteiger partial charge in [0, 0.05) is 30.6 Å². The first-order valence-corrected chi connectivity index (χ1v) is 9.08. The number of carbonyl (C=O) groups is 2. The number of benzene rings is 1. The Kier molecular flexibility index (Phi) is 5.99. The summed E-state index contributed by atoms with van der Waals surface area (Å²) < 4.78 is 21.1. The lowest BCUT2D eigenvalue weighted by molar-refractivity contribution is -0.158. The molecule has 2 atom stereocenters. The minimum absolute atomic E-state index is 0.0525. The van der Waals surface area contributed by atoms with Gasteiger partial charge in [0.1, 0.15) is 11.3 Å². The van der Waals surface area contributed by atoms with E-state index in [-0.39, 0.29) is 31.3 Å². The van der Waals surface area contributed by atoms with Gasteiger partial charge in [0.2, 0.25) is 0 Å². The zero-order valence-electron chi connectivity index (χ0n) is 16.1. The van der Waals surface area contributed by atoms with Gasteiger partial charge in [-0.2, -0.15) is 0 Å². The van der Waals surface area contributed by atoms with Crippen LogP contribution in [0.5, 0.6) is 5.75 Å². The number of amides is 1. The summed E-state index contributed by atoms with van der Waals surface area (Å²) in [6.07, 6.45) is -0.105. The monoisotopic (exact) mass is 389 g/mol. The smallest absolute Gasteiger partial charge is 0.344 e. The molecule has 0 radical (unpaired) electrons. The van der Waals surface area contributed by atoms with E-state index in [1.807, 2.05) is 20.8 Å². The van der Waals surface area contributed by atoms with Crippen molar-refractivity contribution < 1.29 is 28.2 Å². The highest BCUT2D eigenvalue weighted by molar-refractivity contribution is 5.82. The molecule has 1 aliphatic rings. The summed E-state index contributed by atoms with van der Waals surface area (Å²) in [5, 5.41) is 0.786. The SMILES string of the molecule is Cc1cc(=O)oc2cc(OCC(=O)OCC(=O)N3CC(C)OC(C)C3)ccc12. The lowest BCUT2D eigenvalue weighted by atomic mass is 10.1. The summed E-state index contributed by atoms with van der Waals surface area (Å²) in [7, 11) is 0. The molecule has 8 nitrogen and oxygen atoms in total. The molecular weight excluding hydrogens is 366 g/mol. The van der Waals surface area contributed by atoms with Crippen molar-refractivity contribution in [3.8, 4) is 5.75 Å². The molecule has 0 N–H and O–H groups in total. The van der Waals surface area contributed by atoms with Crippen molar-refractivity contribution in [1.29, 1.82) is 0 Å². The third-order valence-electron chi connectivity index (χ3n) is 4.41. The van der Waals surface area contributed by atoms with Gasteiger partial charge in [0.25, 0.3) is 5.91 Å². The third kappa shape index (κ3) is 4.89. The Morgan fingerprint density at radius 2 is 1.86 bits per heavy atom. The maximum Gasteiger partial charge on any atom is 0.344 e. The molecule has 1 aromatic carbocycles. The van der Waals surface area contributed by atoms with Crippen LogP contribution in [0.1, 0.15) is 19.4 Å².